The van der Waals surface area contributed by atoms with Crippen LogP contribution in [-0.2, 0) is 37.1 Å². The van der Waals surface area contributed by atoms with Gasteiger partial charge in [0.2, 0.25) is 0 Å². The van der Waals surface area contributed by atoms with E-state index in [9.17, 15) is 14.4 Å². The van der Waals surface area contributed by atoms with E-state index in [0.717, 1.165) is 16.9 Å². The van der Waals surface area contributed by atoms with Crippen molar-refractivity contribution in [1.82, 2.24) is 4.57 Å². The fourth-order valence-electron chi connectivity index (χ4n) is 3.52. The summed E-state index contributed by atoms with van der Waals surface area (Å²) in [7, 11) is 0. The Balaban J connectivity index is 0.00000103. The number of nitrogens with zero attached hydrogens (tertiary/aromatic N) is 2. The molecule has 0 spiro atoms. The molecular formula is C24H19ClN2O6S. The zero-order valence-corrected chi connectivity index (χ0v) is 19.6. The van der Waals surface area contributed by atoms with Gasteiger partial charge in [-0.1, -0.05) is 48.5 Å². The van der Waals surface area contributed by atoms with Crippen LogP contribution in [0, 0.1) is 0 Å². The van der Waals surface area contributed by atoms with Crippen molar-refractivity contribution >= 4 is 58.8 Å². The van der Waals surface area contributed by atoms with Crippen LogP contribution in [0.2, 0.25) is 5.02 Å². The zero-order chi connectivity index (χ0) is 24.8. The normalized spacial score (nSPS) is 13.6. The summed E-state index contributed by atoms with van der Waals surface area (Å²) in [4.78, 5) is 56.2. The third-order valence-corrected chi connectivity index (χ3v) is 6.29. The first-order valence-corrected chi connectivity index (χ1v) is 11.2. The summed E-state index contributed by atoms with van der Waals surface area (Å²) in [5.74, 6) is -0.982. The molecule has 4 rings (SSSR count). The highest BCUT2D eigenvalue weighted by Gasteiger charge is 2.35. The number of anilines is 1. The highest BCUT2D eigenvalue weighted by Crippen LogP contribution is 2.36. The number of ether oxygens (including phenoxy) is 1. The van der Waals surface area contributed by atoms with Crippen molar-refractivity contribution in [2.24, 2.45) is 0 Å². The Labute approximate surface area is 203 Å². The van der Waals surface area contributed by atoms with Crippen LogP contribution in [0.3, 0.4) is 0 Å². The summed E-state index contributed by atoms with van der Waals surface area (Å²) in [6.07, 6.45) is 0.250. The van der Waals surface area contributed by atoms with E-state index in [2.05, 4.69) is 6.58 Å². The molecule has 2 heterocycles. The summed E-state index contributed by atoms with van der Waals surface area (Å²) < 4.78 is 7.71. The summed E-state index contributed by atoms with van der Waals surface area (Å²) in [5.41, 5.74) is 1.85. The van der Waals surface area contributed by atoms with Crippen molar-refractivity contribution in [3.05, 3.63) is 84.2 Å². The van der Waals surface area contributed by atoms with Crippen molar-refractivity contribution in [3.8, 4) is 0 Å². The number of aromatic nitrogens is 1. The summed E-state index contributed by atoms with van der Waals surface area (Å²) in [6.45, 7) is 6.04. The van der Waals surface area contributed by atoms with Crippen molar-refractivity contribution < 1.29 is 23.9 Å². The minimum atomic E-state index is -0.547. The number of thiazole rings is 1. The molecule has 34 heavy (non-hydrogen) atoms. The predicted octanol–water partition coefficient (Wildman–Crippen LogP) is 1.70. The molecule has 0 aliphatic carbocycles. The van der Waals surface area contributed by atoms with Gasteiger partial charge in [-0.05, 0) is 30.7 Å². The fourth-order valence-corrected chi connectivity index (χ4v) is 4.75. The minimum absolute atomic E-state index is 0.114. The van der Waals surface area contributed by atoms with Gasteiger partial charge in [-0.2, -0.15) is 9.59 Å². The lowest BCUT2D eigenvalue weighted by atomic mass is 10.1. The monoisotopic (exact) mass is 498 g/mol. The third-order valence-electron chi connectivity index (χ3n) is 5.01. The molecule has 2 aromatic carbocycles. The standard InChI is InChI=1S/C23H19ClN2O4S.CO2/c1-3-25-14(2)31-21(23(25)29)20-17-11-16(24)9-10-18(17)26(22(20)28)12-19(27)30-13-15-7-5-4-6-8-15;2-1-3/h4-11H,2-3,12-13H2,1H3;/b21-20-;. The molecule has 174 valence electrons. The smallest absolute Gasteiger partial charge is 0.373 e. The van der Waals surface area contributed by atoms with Crippen molar-refractivity contribution in [2.45, 2.75) is 20.1 Å². The van der Waals surface area contributed by atoms with Crippen LogP contribution < -0.4 is 19.7 Å². The molecule has 0 unspecified atom stereocenters. The average molecular weight is 499 g/mol. The van der Waals surface area contributed by atoms with E-state index in [1.165, 1.54) is 9.47 Å². The molecule has 1 aliphatic heterocycles. The third kappa shape index (κ3) is 5.07. The van der Waals surface area contributed by atoms with Crippen LogP contribution in [0.4, 0.5) is 5.69 Å². The fraction of sp³-hybridized carbons (Fsp3) is 0.167. The summed E-state index contributed by atoms with van der Waals surface area (Å²) in [6, 6.07) is 14.2. The second-order valence-corrected chi connectivity index (χ2v) is 8.55. The van der Waals surface area contributed by atoms with Crippen LogP contribution in [0.15, 0.2) is 53.3 Å². The van der Waals surface area contributed by atoms with E-state index in [-0.39, 0.29) is 30.4 Å². The molecule has 0 bridgehead atoms. The van der Waals surface area contributed by atoms with E-state index in [1.54, 1.807) is 18.2 Å². The largest absolute Gasteiger partial charge is 0.459 e. The number of esters is 1. The maximum Gasteiger partial charge on any atom is 0.373 e. The minimum Gasteiger partial charge on any atom is -0.459 e. The van der Waals surface area contributed by atoms with Crippen molar-refractivity contribution in [3.63, 3.8) is 0 Å². The number of fused-ring (bicyclic) bond motifs is 1. The lowest BCUT2D eigenvalue weighted by Crippen LogP contribution is -2.36. The van der Waals surface area contributed by atoms with Gasteiger partial charge < -0.3 is 4.74 Å². The Morgan fingerprint density at radius 3 is 2.44 bits per heavy atom. The lowest BCUT2D eigenvalue weighted by molar-refractivity contribution is -0.191. The molecule has 0 saturated carbocycles. The number of carbonyl (C=O) groups excluding carboxylic acids is 4. The Morgan fingerprint density at radius 2 is 1.82 bits per heavy atom. The van der Waals surface area contributed by atoms with Gasteiger partial charge in [-0.25, -0.2) is 0 Å². The van der Waals surface area contributed by atoms with Crippen LogP contribution >= 0.6 is 22.9 Å². The van der Waals surface area contributed by atoms with E-state index < -0.39 is 11.9 Å². The number of hydrogen-bond acceptors (Lipinski definition) is 7. The molecule has 8 nitrogen and oxygen atoms in total. The molecule has 10 heteroatoms. The molecule has 1 aromatic heterocycles. The first-order valence-electron chi connectivity index (χ1n) is 10.1. The van der Waals surface area contributed by atoms with Gasteiger partial charge in [-0.15, -0.1) is 11.3 Å². The lowest BCUT2D eigenvalue weighted by Gasteiger charge is -2.16. The molecule has 0 radical (unpaired) electrons. The van der Waals surface area contributed by atoms with Gasteiger partial charge >= 0.3 is 12.1 Å². The second-order valence-electron chi connectivity index (χ2n) is 7.03. The second kappa shape index (κ2) is 10.9. The SMILES string of the molecule is C=c1s/c(=C2\C(=O)N(CC(=O)OCc3ccccc3)c3ccc(Cl)cc32)c(=O)n1CC.O=C=O. The van der Waals surface area contributed by atoms with Crippen molar-refractivity contribution in [1.29, 1.82) is 0 Å². The van der Waals surface area contributed by atoms with E-state index >= 15 is 0 Å². The first kappa shape index (κ1) is 24.9. The van der Waals surface area contributed by atoms with Crippen LogP contribution in [0.25, 0.3) is 12.2 Å². The van der Waals surface area contributed by atoms with E-state index in [0.29, 0.717) is 32.0 Å². The highest BCUT2D eigenvalue weighted by atomic mass is 35.5. The quantitative estimate of drug-likeness (QED) is 0.496. The number of amides is 1. The van der Waals surface area contributed by atoms with E-state index in [1.807, 2.05) is 37.3 Å². The number of carbonyl (C=O) groups is 2. The number of benzene rings is 2. The Bertz CT molecular complexity index is 1440. The Morgan fingerprint density at radius 1 is 1.15 bits per heavy atom. The number of hydrogen-bond donors (Lipinski definition) is 0. The Hall–Kier alpha value is -3.78. The highest BCUT2D eigenvalue weighted by molar-refractivity contribution is 7.07. The molecule has 1 aliphatic rings. The van der Waals surface area contributed by atoms with Gasteiger partial charge in [0.05, 0.1) is 15.9 Å². The Kier molecular flexibility index (Phi) is 7.96. The van der Waals surface area contributed by atoms with Gasteiger partial charge in [0.25, 0.3) is 11.5 Å². The molecule has 1 amide bonds. The number of halogens is 1. The van der Waals surface area contributed by atoms with Crippen LogP contribution in [0.5, 0.6) is 0 Å². The average Bonchev–Trinajstić information content (AvgIpc) is 3.24. The maximum absolute atomic E-state index is 13.3. The first-order chi connectivity index (χ1) is 16.3. The zero-order valence-electron chi connectivity index (χ0n) is 18.1. The summed E-state index contributed by atoms with van der Waals surface area (Å²) >= 11 is 7.33. The van der Waals surface area contributed by atoms with Gasteiger partial charge in [0.15, 0.2) is 0 Å². The maximum atomic E-state index is 13.3. The molecule has 0 atom stereocenters. The summed E-state index contributed by atoms with van der Waals surface area (Å²) in [5, 5.41) is 0.430. The van der Waals surface area contributed by atoms with Gasteiger partial charge in [0.1, 0.15) is 17.7 Å². The van der Waals surface area contributed by atoms with Gasteiger partial charge in [0, 0.05) is 17.1 Å². The van der Waals surface area contributed by atoms with Crippen molar-refractivity contribution in [2.75, 3.05) is 11.4 Å². The van der Waals surface area contributed by atoms with Gasteiger partial charge in [-0.3, -0.25) is 23.9 Å². The van der Waals surface area contributed by atoms with Crippen LogP contribution in [0.1, 0.15) is 18.1 Å². The molecular weight excluding hydrogens is 480 g/mol. The number of rotatable bonds is 5. The molecule has 0 saturated heterocycles. The molecule has 0 fully saturated rings. The van der Waals surface area contributed by atoms with Crippen LogP contribution in [-0.4, -0.2) is 29.1 Å². The predicted molar refractivity (Wildman–Crippen MR) is 127 cm³/mol. The van der Waals surface area contributed by atoms with E-state index in [4.69, 9.17) is 25.9 Å². The topological polar surface area (TPSA) is 103 Å². The molecule has 0 N–H and O–H groups in total. The molecule has 3 aromatic rings.